The van der Waals surface area contributed by atoms with Gasteiger partial charge in [-0.05, 0) is 24.0 Å². The largest absolute Gasteiger partial charge is 0.298 e. The third-order valence-corrected chi connectivity index (χ3v) is 6.19. The number of rotatable bonds is 8. The van der Waals surface area contributed by atoms with Crippen LogP contribution in [0.25, 0.3) is 0 Å². The lowest BCUT2D eigenvalue weighted by molar-refractivity contribution is -0.149. The van der Waals surface area contributed by atoms with Gasteiger partial charge in [-0.2, -0.15) is 0 Å². The number of carbonyl (C=O) groups excluding carboxylic acids is 4. The smallest absolute Gasteiger partial charge is 0.237 e. The minimum absolute atomic E-state index is 0.00253. The van der Waals surface area contributed by atoms with Crippen molar-refractivity contribution >= 4 is 23.4 Å². The fourth-order valence-electron chi connectivity index (χ4n) is 4.44. The van der Waals surface area contributed by atoms with Crippen LogP contribution in [0.1, 0.15) is 40.2 Å². The molecule has 0 saturated carbocycles. The normalized spacial score (nSPS) is 19.1. The zero-order chi connectivity index (χ0) is 23.2. The van der Waals surface area contributed by atoms with Crippen molar-refractivity contribution in [3.63, 3.8) is 0 Å². The second kappa shape index (κ2) is 10.2. The summed E-state index contributed by atoms with van der Waals surface area (Å²) < 4.78 is 0. The molecule has 2 amide bonds. The highest BCUT2D eigenvalue weighted by molar-refractivity contribution is 6.20. The molecule has 0 bridgehead atoms. The Morgan fingerprint density at radius 2 is 1.33 bits per heavy atom. The van der Waals surface area contributed by atoms with Gasteiger partial charge in [-0.15, -0.1) is 0 Å². The van der Waals surface area contributed by atoms with Crippen molar-refractivity contribution in [3.05, 3.63) is 108 Å². The van der Waals surface area contributed by atoms with Crippen LogP contribution in [-0.4, -0.2) is 23.4 Å². The Kier molecular flexibility index (Phi) is 6.89. The lowest BCUT2D eigenvalue weighted by Crippen LogP contribution is -2.54. The molecule has 3 aromatic rings. The minimum Gasteiger partial charge on any atom is -0.298 e. The van der Waals surface area contributed by atoms with Crippen molar-refractivity contribution in [3.8, 4) is 0 Å². The fourth-order valence-corrected chi connectivity index (χ4v) is 4.44. The number of amides is 2. The van der Waals surface area contributed by atoms with Gasteiger partial charge < -0.3 is 0 Å². The van der Waals surface area contributed by atoms with E-state index in [-0.39, 0.29) is 12.2 Å². The average molecular weight is 440 g/mol. The maximum atomic E-state index is 13.5. The van der Waals surface area contributed by atoms with Gasteiger partial charge in [-0.1, -0.05) is 91.0 Å². The molecule has 3 aromatic carbocycles. The number of benzene rings is 3. The van der Waals surface area contributed by atoms with Crippen molar-refractivity contribution in [2.45, 2.75) is 25.2 Å². The second-order valence-electron chi connectivity index (χ2n) is 8.32. The van der Waals surface area contributed by atoms with E-state index in [1.54, 1.807) is 24.3 Å². The highest BCUT2D eigenvalue weighted by Crippen LogP contribution is 2.35. The molecule has 1 heterocycles. The number of nitrogens with one attached hydrogen (secondary N) is 1. The van der Waals surface area contributed by atoms with Gasteiger partial charge in [0.25, 0.3) is 0 Å². The van der Waals surface area contributed by atoms with Gasteiger partial charge in [0.15, 0.2) is 11.6 Å². The summed E-state index contributed by atoms with van der Waals surface area (Å²) in [6, 6.07) is 27.6. The number of hydrogen-bond acceptors (Lipinski definition) is 4. The summed E-state index contributed by atoms with van der Waals surface area (Å²) in [7, 11) is 0. The summed E-state index contributed by atoms with van der Waals surface area (Å²) in [5.41, 5.74) is 2.27. The van der Waals surface area contributed by atoms with Gasteiger partial charge in [-0.3, -0.25) is 24.5 Å². The van der Waals surface area contributed by atoms with Crippen molar-refractivity contribution in [2.24, 2.45) is 11.8 Å². The van der Waals surface area contributed by atoms with Crippen LogP contribution in [0.3, 0.4) is 0 Å². The van der Waals surface area contributed by atoms with Gasteiger partial charge in [0, 0.05) is 17.9 Å². The monoisotopic (exact) mass is 439 g/mol. The zero-order valence-corrected chi connectivity index (χ0v) is 18.1. The van der Waals surface area contributed by atoms with E-state index in [4.69, 9.17) is 0 Å². The van der Waals surface area contributed by atoms with E-state index in [1.807, 2.05) is 66.7 Å². The third kappa shape index (κ3) is 5.14. The number of ketones is 2. The lowest BCUT2D eigenvalue weighted by Gasteiger charge is -2.32. The molecule has 4 rings (SSSR count). The Morgan fingerprint density at radius 3 is 1.97 bits per heavy atom. The molecule has 1 N–H and O–H groups in total. The van der Waals surface area contributed by atoms with Crippen LogP contribution in [0, 0.1) is 11.8 Å². The number of Topliss-reactive ketones (excluding diaryl/α,β-unsaturated/α-hetero) is 2. The molecule has 1 aliphatic heterocycles. The standard InChI is InChI=1S/C28H25NO4/c30-24(21-14-8-3-9-15-21)18-23(20-12-6-2-7-13-20)25-26(31)22(27(32)29-28(25)33)17-16-19-10-4-1-5-11-19/h1-15,22-23,25H,16-18H2,(H,29,32,33). The van der Waals surface area contributed by atoms with E-state index in [2.05, 4.69) is 5.32 Å². The van der Waals surface area contributed by atoms with Crippen LogP contribution in [0.4, 0.5) is 0 Å². The van der Waals surface area contributed by atoms with Gasteiger partial charge >= 0.3 is 0 Å². The van der Waals surface area contributed by atoms with Gasteiger partial charge in [0.2, 0.25) is 11.8 Å². The molecule has 5 heteroatoms. The average Bonchev–Trinajstić information content (AvgIpc) is 2.84. The minimum atomic E-state index is -1.10. The summed E-state index contributed by atoms with van der Waals surface area (Å²) in [4.78, 5) is 52.0. The summed E-state index contributed by atoms with van der Waals surface area (Å²) in [6.07, 6.45) is 0.856. The van der Waals surface area contributed by atoms with Gasteiger partial charge in [0.1, 0.15) is 5.92 Å². The molecular weight excluding hydrogens is 414 g/mol. The van der Waals surface area contributed by atoms with E-state index in [9.17, 15) is 19.2 Å². The molecule has 1 saturated heterocycles. The van der Waals surface area contributed by atoms with Gasteiger partial charge in [0.05, 0.1) is 5.92 Å². The quantitative estimate of drug-likeness (QED) is 0.325. The maximum Gasteiger partial charge on any atom is 0.237 e. The zero-order valence-electron chi connectivity index (χ0n) is 18.1. The summed E-state index contributed by atoms with van der Waals surface area (Å²) in [5, 5.41) is 2.40. The van der Waals surface area contributed by atoms with Crippen LogP contribution < -0.4 is 5.32 Å². The molecule has 166 valence electrons. The molecular formula is C28H25NO4. The third-order valence-electron chi connectivity index (χ3n) is 6.19. The van der Waals surface area contributed by atoms with E-state index in [1.165, 1.54) is 0 Å². The maximum absolute atomic E-state index is 13.5. The number of piperidine rings is 1. The number of imide groups is 1. The highest BCUT2D eigenvalue weighted by atomic mass is 16.2. The molecule has 5 nitrogen and oxygen atoms in total. The Morgan fingerprint density at radius 1 is 0.758 bits per heavy atom. The Hall–Kier alpha value is -3.86. The molecule has 1 aliphatic rings. The van der Waals surface area contributed by atoms with Crippen LogP contribution in [0.15, 0.2) is 91.0 Å². The fraction of sp³-hybridized carbons (Fsp3) is 0.214. The number of carbonyl (C=O) groups is 4. The summed E-state index contributed by atoms with van der Waals surface area (Å²) in [6.45, 7) is 0. The molecule has 0 aliphatic carbocycles. The molecule has 33 heavy (non-hydrogen) atoms. The van der Waals surface area contributed by atoms with Gasteiger partial charge in [-0.25, -0.2) is 0 Å². The molecule has 0 aromatic heterocycles. The van der Waals surface area contributed by atoms with Crippen LogP contribution >= 0.6 is 0 Å². The Balaban J connectivity index is 1.61. The molecule has 3 unspecified atom stereocenters. The first-order valence-electron chi connectivity index (χ1n) is 11.1. The van der Waals surface area contributed by atoms with Crippen LogP contribution in [0.5, 0.6) is 0 Å². The molecule has 3 atom stereocenters. The molecule has 0 radical (unpaired) electrons. The SMILES string of the molecule is O=C(CC(c1ccccc1)C1C(=O)NC(=O)C(CCc2ccccc2)C1=O)c1ccccc1. The van der Waals surface area contributed by atoms with Crippen LogP contribution in [-0.2, 0) is 20.8 Å². The number of aryl methyl sites for hydroxylation is 1. The van der Waals surface area contributed by atoms with E-state index in [0.29, 0.717) is 18.4 Å². The summed E-state index contributed by atoms with van der Waals surface area (Å²) >= 11 is 0. The predicted octanol–water partition coefficient (Wildman–Crippen LogP) is 4.13. The topological polar surface area (TPSA) is 80.3 Å². The van der Waals surface area contributed by atoms with Crippen molar-refractivity contribution in [2.75, 3.05) is 0 Å². The predicted molar refractivity (Wildman–Crippen MR) is 124 cm³/mol. The van der Waals surface area contributed by atoms with Crippen molar-refractivity contribution in [1.29, 1.82) is 0 Å². The second-order valence-corrected chi connectivity index (χ2v) is 8.32. The molecule has 1 fully saturated rings. The number of hydrogen-bond donors (Lipinski definition) is 1. The first kappa shape index (κ1) is 22.3. The van der Waals surface area contributed by atoms with E-state index in [0.717, 1.165) is 11.1 Å². The molecule has 0 spiro atoms. The van der Waals surface area contributed by atoms with E-state index >= 15 is 0 Å². The first-order valence-corrected chi connectivity index (χ1v) is 11.1. The van der Waals surface area contributed by atoms with E-state index < -0.39 is 35.4 Å². The lowest BCUT2D eigenvalue weighted by atomic mass is 9.73. The van der Waals surface area contributed by atoms with Crippen molar-refractivity contribution < 1.29 is 19.2 Å². The highest BCUT2D eigenvalue weighted by Gasteiger charge is 2.46. The Labute approximate surface area is 192 Å². The van der Waals surface area contributed by atoms with Crippen molar-refractivity contribution in [1.82, 2.24) is 5.32 Å². The van der Waals surface area contributed by atoms with Crippen LogP contribution in [0.2, 0.25) is 0 Å². The Bertz CT molecular complexity index is 1140. The summed E-state index contributed by atoms with van der Waals surface area (Å²) in [5.74, 6) is -4.42. The first-order chi connectivity index (χ1) is 16.0.